The summed E-state index contributed by atoms with van der Waals surface area (Å²) in [4.78, 5) is 25.0. The van der Waals surface area contributed by atoms with Crippen molar-refractivity contribution in [1.29, 1.82) is 5.26 Å². The molecule has 0 bridgehead atoms. The standard InChI is InChI=1S/C16H20N6O/c1-11-5-8-22(14(23)3-6-17)9-13(11)21(2)16-12-4-7-18-15(12)19-10-20-16/h4,7,10-11,13H,3,5,8-9H2,1-2H3,(H,18,19,20)/t11-,13+/m1/s1/i1D3,2D3,4D,7D. The Morgan fingerprint density at radius 2 is 2.61 bits per heavy atom. The van der Waals surface area contributed by atoms with E-state index in [2.05, 4.69) is 15.0 Å². The lowest BCUT2D eigenvalue weighted by molar-refractivity contribution is -0.131. The van der Waals surface area contributed by atoms with Crippen molar-refractivity contribution in [1.82, 2.24) is 19.9 Å². The Labute approximate surface area is 146 Å². The maximum Gasteiger partial charge on any atom is 0.236 e. The molecule has 3 rings (SSSR count). The first kappa shape index (κ1) is 8.29. The van der Waals surface area contributed by atoms with Crippen LogP contribution in [0.1, 0.15) is 30.7 Å². The number of aromatic nitrogens is 3. The molecular formula is C16H20N6O. The molecule has 0 radical (unpaired) electrons. The minimum absolute atomic E-state index is 0.00368. The molecule has 0 saturated carbocycles. The minimum Gasteiger partial charge on any atom is -0.354 e. The zero-order valence-electron chi connectivity index (χ0n) is 20.2. The average Bonchev–Trinajstić information content (AvgIpc) is 2.95. The van der Waals surface area contributed by atoms with E-state index in [1.807, 2.05) is 0 Å². The van der Waals surface area contributed by atoms with Crippen LogP contribution >= 0.6 is 0 Å². The Kier molecular flexibility index (Phi) is 2.25. The fraction of sp³-hybridized carbons (Fsp3) is 0.500. The number of likely N-dealkylation sites (N-methyl/N-ethyl adjacent to an activating group) is 1. The maximum atomic E-state index is 12.3. The van der Waals surface area contributed by atoms with Crippen LogP contribution in [0.25, 0.3) is 11.0 Å². The van der Waals surface area contributed by atoms with Crippen LogP contribution in [0.3, 0.4) is 0 Å². The summed E-state index contributed by atoms with van der Waals surface area (Å²) >= 11 is 0. The molecule has 1 aliphatic rings. The van der Waals surface area contributed by atoms with Crippen LogP contribution in [0.5, 0.6) is 0 Å². The first-order valence-electron chi connectivity index (χ1n) is 11.1. The van der Waals surface area contributed by atoms with Crippen molar-refractivity contribution < 1.29 is 15.8 Å². The Morgan fingerprint density at radius 1 is 1.70 bits per heavy atom. The summed E-state index contributed by atoms with van der Waals surface area (Å²) in [5.74, 6) is -1.84. The molecule has 23 heavy (non-hydrogen) atoms. The third-order valence-electron chi connectivity index (χ3n) is 3.92. The Bertz CT molecular complexity index is 1030. The highest BCUT2D eigenvalue weighted by Crippen LogP contribution is 2.28. The Balaban J connectivity index is 2.18. The van der Waals surface area contributed by atoms with Crippen LogP contribution in [0.4, 0.5) is 5.82 Å². The Hall–Kier alpha value is -2.62. The van der Waals surface area contributed by atoms with E-state index in [0.717, 1.165) is 11.2 Å². The van der Waals surface area contributed by atoms with E-state index in [9.17, 15) is 4.79 Å². The van der Waals surface area contributed by atoms with E-state index in [1.165, 1.54) is 4.90 Å². The van der Waals surface area contributed by atoms with Gasteiger partial charge in [0.1, 0.15) is 24.2 Å². The number of likely N-dealkylation sites (tertiary alicyclic amines) is 1. The number of nitrogens with one attached hydrogen (secondary N) is 1. The molecule has 0 spiro atoms. The fourth-order valence-corrected chi connectivity index (χ4v) is 2.68. The predicted molar refractivity (Wildman–Crippen MR) is 86.7 cm³/mol. The minimum atomic E-state index is -2.87. The number of carbonyl (C=O) groups is 1. The second kappa shape index (κ2) is 6.24. The summed E-state index contributed by atoms with van der Waals surface area (Å²) < 4.78 is 64.1. The predicted octanol–water partition coefficient (Wildman–Crippen LogP) is 1.54. The molecule has 1 N–H and O–H groups in total. The van der Waals surface area contributed by atoms with Gasteiger partial charge in [-0.2, -0.15) is 5.26 Å². The molecule has 0 aromatic carbocycles. The zero-order chi connectivity index (χ0) is 23.1. The van der Waals surface area contributed by atoms with Crippen LogP contribution < -0.4 is 4.90 Å². The topological polar surface area (TPSA) is 88.9 Å². The lowest BCUT2D eigenvalue weighted by atomic mass is 9.92. The lowest BCUT2D eigenvalue weighted by Gasteiger charge is -2.42. The number of nitriles is 1. The number of aromatic amines is 1. The highest BCUT2D eigenvalue weighted by Gasteiger charge is 2.32. The molecule has 120 valence electrons. The van der Waals surface area contributed by atoms with Gasteiger partial charge in [0, 0.05) is 34.5 Å². The molecule has 0 aliphatic carbocycles. The van der Waals surface area contributed by atoms with Crippen molar-refractivity contribution in [3.63, 3.8) is 0 Å². The Morgan fingerprint density at radius 3 is 3.39 bits per heavy atom. The molecule has 3 heterocycles. The highest BCUT2D eigenvalue weighted by molar-refractivity contribution is 5.87. The zero-order valence-corrected chi connectivity index (χ0v) is 12.2. The average molecular weight is 320 g/mol. The van der Waals surface area contributed by atoms with Crippen molar-refractivity contribution in [2.45, 2.75) is 25.7 Å². The number of anilines is 1. The molecular weight excluding hydrogens is 292 g/mol. The van der Waals surface area contributed by atoms with Crippen molar-refractivity contribution in [3.8, 4) is 6.07 Å². The largest absolute Gasteiger partial charge is 0.354 e. The number of hydrogen-bond acceptors (Lipinski definition) is 5. The van der Waals surface area contributed by atoms with Gasteiger partial charge in [-0.05, 0) is 18.4 Å². The quantitative estimate of drug-likeness (QED) is 0.926. The van der Waals surface area contributed by atoms with Crippen molar-refractivity contribution in [3.05, 3.63) is 18.5 Å². The molecule has 1 saturated heterocycles. The molecule has 7 heteroatoms. The van der Waals surface area contributed by atoms with Crippen LogP contribution in [0.2, 0.25) is 0 Å². The van der Waals surface area contributed by atoms with E-state index in [0.29, 0.717) is 0 Å². The SMILES string of the molecule is [2H]c1[nH]c2ncnc(N([C@H]3CN(C(=O)CC#N)CC[C@H]3C([2H])([2H])[2H])C([2H])([2H])[2H])c2c1[2H]. The summed E-state index contributed by atoms with van der Waals surface area (Å²) in [6.07, 6.45) is 0.374. The summed E-state index contributed by atoms with van der Waals surface area (Å²) in [7, 11) is 0. The van der Waals surface area contributed by atoms with Gasteiger partial charge in [-0.25, -0.2) is 9.97 Å². The van der Waals surface area contributed by atoms with Crippen molar-refractivity contribution >= 4 is 22.8 Å². The van der Waals surface area contributed by atoms with E-state index >= 15 is 0 Å². The number of amides is 1. The van der Waals surface area contributed by atoms with Crippen LogP contribution in [0, 0.1) is 17.2 Å². The van der Waals surface area contributed by atoms with Crippen molar-refractivity contribution in [2.24, 2.45) is 5.92 Å². The highest BCUT2D eigenvalue weighted by atomic mass is 16.2. The molecule has 2 aromatic rings. The van der Waals surface area contributed by atoms with E-state index in [-0.39, 0.29) is 48.6 Å². The third-order valence-corrected chi connectivity index (χ3v) is 3.92. The van der Waals surface area contributed by atoms with Gasteiger partial charge in [0.25, 0.3) is 0 Å². The van der Waals surface area contributed by atoms with Gasteiger partial charge in [-0.15, -0.1) is 0 Å². The summed E-state index contributed by atoms with van der Waals surface area (Å²) in [5.41, 5.74) is 0.0768. The molecule has 2 aromatic heterocycles. The van der Waals surface area contributed by atoms with E-state index < -0.39 is 38.1 Å². The fourth-order valence-electron chi connectivity index (χ4n) is 2.68. The smallest absolute Gasteiger partial charge is 0.236 e. The third kappa shape index (κ3) is 2.84. The van der Waals surface area contributed by atoms with Gasteiger partial charge >= 0.3 is 0 Å². The molecule has 2 atom stereocenters. The number of rotatable bonds is 3. The summed E-state index contributed by atoms with van der Waals surface area (Å²) in [6.45, 7) is -5.55. The van der Waals surface area contributed by atoms with E-state index in [1.54, 1.807) is 6.07 Å². The number of fused-ring (bicyclic) bond motifs is 1. The van der Waals surface area contributed by atoms with Gasteiger partial charge in [0.05, 0.1) is 20.2 Å². The molecule has 7 nitrogen and oxygen atoms in total. The molecule has 1 aliphatic heterocycles. The lowest BCUT2D eigenvalue weighted by Crippen LogP contribution is -2.52. The van der Waals surface area contributed by atoms with Gasteiger partial charge in [0.2, 0.25) is 5.91 Å². The molecule has 0 unspecified atom stereocenters. The second-order valence-corrected chi connectivity index (χ2v) is 5.30. The monoisotopic (exact) mass is 320 g/mol. The van der Waals surface area contributed by atoms with Gasteiger partial charge in [-0.3, -0.25) is 4.79 Å². The summed E-state index contributed by atoms with van der Waals surface area (Å²) in [6, 6.07) is 0.232. The van der Waals surface area contributed by atoms with E-state index in [4.69, 9.17) is 16.2 Å². The number of nitrogens with zero attached hydrogens (tertiary/aromatic N) is 5. The van der Waals surface area contributed by atoms with Crippen molar-refractivity contribution in [2.75, 3.05) is 25.0 Å². The van der Waals surface area contributed by atoms with Crippen LogP contribution in [-0.4, -0.2) is 51.9 Å². The normalized spacial score (nSPS) is 27.3. The number of piperidine rings is 1. The second-order valence-electron chi connectivity index (χ2n) is 5.30. The first-order chi connectivity index (χ1) is 14.4. The first-order valence-corrected chi connectivity index (χ1v) is 7.10. The van der Waals surface area contributed by atoms with Crippen LogP contribution in [0.15, 0.2) is 18.5 Å². The molecule has 1 amide bonds. The van der Waals surface area contributed by atoms with Gasteiger partial charge < -0.3 is 14.8 Å². The number of H-pyrrole nitrogens is 1. The number of carbonyl (C=O) groups excluding carboxylic acids is 1. The van der Waals surface area contributed by atoms with Crippen LogP contribution in [-0.2, 0) is 4.79 Å². The summed E-state index contributed by atoms with van der Waals surface area (Å²) in [5, 5.41) is 8.82. The van der Waals surface area contributed by atoms with Gasteiger partial charge in [-0.1, -0.05) is 6.85 Å². The van der Waals surface area contributed by atoms with Gasteiger partial charge in [0.15, 0.2) is 0 Å². The maximum absolute atomic E-state index is 12.3. The number of hydrogen-bond donors (Lipinski definition) is 1. The molecule has 1 fully saturated rings.